The van der Waals surface area contributed by atoms with Gasteiger partial charge < -0.3 is 19.9 Å². The van der Waals surface area contributed by atoms with Gasteiger partial charge in [0.1, 0.15) is 5.65 Å². The highest BCUT2D eigenvalue weighted by molar-refractivity contribution is 5.62. The van der Waals surface area contributed by atoms with Crippen molar-refractivity contribution in [2.75, 3.05) is 36.4 Å². The fraction of sp³-hybridized carbons (Fsp3) is 0.278. The molecule has 5 heterocycles. The van der Waals surface area contributed by atoms with E-state index >= 15 is 0 Å². The van der Waals surface area contributed by atoms with Crippen LogP contribution < -0.4 is 21.1 Å². The molecule has 0 saturated carbocycles. The fourth-order valence-corrected chi connectivity index (χ4v) is 3.58. The van der Waals surface area contributed by atoms with E-state index in [0.717, 1.165) is 37.6 Å². The number of hydrogen-bond acceptors (Lipinski definition) is 6. The summed E-state index contributed by atoms with van der Waals surface area (Å²) in [5.41, 5.74) is 2.67. The first-order chi connectivity index (χ1) is 13.6. The molecule has 1 aliphatic rings. The Balaban J connectivity index is 1.52. The number of imidazole rings is 1. The molecule has 1 aliphatic heterocycles. The van der Waals surface area contributed by atoms with Gasteiger partial charge in [-0.15, -0.1) is 5.10 Å². The highest BCUT2D eigenvalue weighted by Crippen LogP contribution is 2.21. The van der Waals surface area contributed by atoms with E-state index in [1.807, 2.05) is 6.07 Å². The summed E-state index contributed by atoms with van der Waals surface area (Å²) in [7, 11) is 0. The van der Waals surface area contributed by atoms with Crippen molar-refractivity contribution in [1.29, 1.82) is 0 Å². The van der Waals surface area contributed by atoms with Crippen molar-refractivity contribution in [3.05, 3.63) is 52.5 Å². The largest absolute Gasteiger partial charge is 0.369 e. The number of nitrogens with one attached hydrogen (secondary N) is 3. The standard InChI is InChI=1S/C18H19FN8O/c1-11-9-26-10-12(6-14(19)17(26)21-11)22-18-24-23-15-7-13(8-16(28)27(15)18)25-4-2-20-3-5-25/h6-10,20,23H,2-5H2,1H3,(H,22,24). The van der Waals surface area contributed by atoms with Gasteiger partial charge in [0.25, 0.3) is 5.56 Å². The predicted octanol–water partition coefficient (Wildman–Crippen LogP) is 1.27. The molecule has 0 amide bonds. The number of anilines is 3. The van der Waals surface area contributed by atoms with E-state index in [1.54, 1.807) is 29.8 Å². The quantitative estimate of drug-likeness (QED) is 0.494. The lowest BCUT2D eigenvalue weighted by Crippen LogP contribution is -2.43. The monoisotopic (exact) mass is 382 g/mol. The maximum Gasteiger partial charge on any atom is 0.261 e. The number of pyridine rings is 2. The van der Waals surface area contributed by atoms with Gasteiger partial charge >= 0.3 is 0 Å². The van der Waals surface area contributed by atoms with Gasteiger partial charge in [-0.3, -0.25) is 9.89 Å². The zero-order chi connectivity index (χ0) is 19.3. The van der Waals surface area contributed by atoms with Crippen molar-refractivity contribution >= 4 is 28.6 Å². The maximum absolute atomic E-state index is 14.3. The molecule has 0 bridgehead atoms. The molecule has 28 heavy (non-hydrogen) atoms. The number of aryl methyl sites for hydroxylation is 1. The van der Waals surface area contributed by atoms with Crippen LogP contribution in [0.1, 0.15) is 5.69 Å². The number of fused-ring (bicyclic) bond motifs is 2. The van der Waals surface area contributed by atoms with Crippen LogP contribution in [0.5, 0.6) is 0 Å². The van der Waals surface area contributed by atoms with Gasteiger partial charge in [-0.2, -0.15) is 0 Å². The molecule has 1 saturated heterocycles. The lowest BCUT2D eigenvalue weighted by molar-refractivity contribution is 0.589. The van der Waals surface area contributed by atoms with E-state index in [-0.39, 0.29) is 11.2 Å². The predicted molar refractivity (Wildman–Crippen MR) is 104 cm³/mol. The minimum absolute atomic E-state index is 0.206. The van der Waals surface area contributed by atoms with Crippen LogP contribution in [0.3, 0.4) is 0 Å². The first-order valence-electron chi connectivity index (χ1n) is 9.07. The zero-order valence-electron chi connectivity index (χ0n) is 15.2. The smallest absolute Gasteiger partial charge is 0.261 e. The number of aromatic amines is 1. The normalized spacial score (nSPS) is 14.9. The minimum Gasteiger partial charge on any atom is -0.369 e. The van der Waals surface area contributed by atoms with E-state index in [9.17, 15) is 9.18 Å². The van der Waals surface area contributed by atoms with E-state index < -0.39 is 5.82 Å². The number of H-pyrrole nitrogens is 1. The Morgan fingerprint density at radius 2 is 2.00 bits per heavy atom. The molecule has 0 aromatic carbocycles. The number of rotatable bonds is 3. The van der Waals surface area contributed by atoms with Crippen LogP contribution in [-0.2, 0) is 0 Å². The molecule has 3 N–H and O–H groups in total. The van der Waals surface area contributed by atoms with E-state index in [2.05, 4.69) is 30.7 Å². The second-order valence-corrected chi connectivity index (χ2v) is 6.87. The molecule has 0 spiro atoms. The van der Waals surface area contributed by atoms with Crippen LogP contribution in [0.2, 0.25) is 0 Å². The molecule has 0 radical (unpaired) electrons. The van der Waals surface area contributed by atoms with Gasteiger partial charge in [-0.1, -0.05) is 0 Å². The van der Waals surface area contributed by atoms with Gasteiger partial charge in [0.05, 0.1) is 11.4 Å². The fourth-order valence-electron chi connectivity index (χ4n) is 3.58. The average molecular weight is 382 g/mol. The number of hydrogen-bond donors (Lipinski definition) is 3. The van der Waals surface area contributed by atoms with Crippen molar-refractivity contribution in [3.63, 3.8) is 0 Å². The van der Waals surface area contributed by atoms with Crippen molar-refractivity contribution in [2.45, 2.75) is 6.92 Å². The maximum atomic E-state index is 14.3. The van der Waals surface area contributed by atoms with E-state index in [1.165, 1.54) is 10.5 Å². The molecule has 4 aromatic rings. The van der Waals surface area contributed by atoms with Crippen LogP contribution >= 0.6 is 0 Å². The third-order valence-electron chi connectivity index (χ3n) is 4.87. The van der Waals surface area contributed by atoms with Crippen LogP contribution in [-0.4, -0.2) is 50.2 Å². The molecule has 0 unspecified atom stereocenters. The SMILES string of the molecule is Cc1cn2cc(Nc3n[nH]c4cc(N5CCNCC5)cc(=O)n34)cc(F)c2n1. The van der Waals surface area contributed by atoms with Crippen molar-refractivity contribution < 1.29 is 4.39 Å². The molecule has 5 rings (SSSR count). The van der Waals surface area contributed by atoms with Gasteiger partial charge in [0, 0.05) is 62.5 Å². The first kappa shape index (κ1) is 16.8. The number of nitrogens with zero attached hydrogens (tertiary/aromatic N) is 5. The van der Waals surface area contributed by atoms with Gasteiger partial charge in [0.2, 0.25) is 5.95 Å². The Hall–Kier alpha value is -3.40. The minimum atomic E-state index is -0.453. The number of halogens is 1. The van der Waals surface area contributed by atoms with Gasteiger partial charge in [0.15, 0.2) is 11.5 Å². The van der Waals surface area contributed by atoms with Gasteiger partial charge in [-0.05, 0) is 6.92 Å². The summed E-state index contributed by atoms with van der Waals surface area (Å²) in [6, 6.07) is 4.83. The first-order valence-corrected chi connectivity index (χ1v) is 9.07. The highest BCUT2D eigenvalue weighted by Gasteiger charge is 2.15. The zero-order valence-corrected chi connectivity index (χ0v) is 15.2. The second-order valence-electron chi connectivity index (χ2n) is 6.87. The molecule has 9 nitrogen and oxygen atoms in total. The number of piperazine rings is 1. The third-order valence-corrected chi connectivity index (χ3v) is 4.87. The van der Waals surface area contributed by atoms with Crippen molar-refractivity contribution in [1.82, 2.24) is 29.3 Å². The molecule has 1 fully saturated rings. The highest BCUT2D eigenvalue weighted by atomic mass is 19.1. The second kappa shape index (κ2) is 6.34. The van der Waals surface area contributed by atoms with Crippen molar-refractivity contribution in [2.24, 2.45) is 0 Å². The van der Waals surface area contributed by atoms with Gasteiger partial charge in [-0.25, -0.2) is 13.8 Å². The molecule has 10 heteroatoms. The summed E-state index contributed by atoms with van der Waals surface area (Å²) in [5, 5.41) is 13.4. The van der Waals surface area contributed by atoms with Crippen LogP contribution in [0.15, 0.2) is 35.4 Å². The average Bonchev–Trinajstić information content (AvgIpc) is 3.26. The summed E-state index contributed by atoms with van der Waals surface area (Å²) in [6.45, 7) is 5.26. The lowest BCUT2D eigenvalue weighted by Gasteiger charge is -2.29. The molecular weight excluding hydrogens is 363 g/mol. The van der Waals surface area contributed by atoms with E-state index in [0.29, 0.717) is 17.3 Å². The number of aromatic nitrogens is 5. The van der Waals surface area contributed by atoms with Crippen molar-refractivity contribution in [3.8, 4) is 0 Å². The summed E-state index contributed by atoms with van der Waals surface area (Å²) < 4.78 is 17.4. The molecule has 144 valence electrons. The topological polar surface area (TPSA) is 94.8 Å². The lowest BCUT2D eigenvalue weighted by atomic mass is 10.3. The molecule has 0 aliphatic carbocycles. The summed E-state index contributed by atoms with van der Waals surface area (Å²) >= 11 is 0. The Bertz CT molecular complexity index is 1230. The van der Waals surface area contributed by atoms with Crippen LogP contribution in [0.25, 0.3) is 11.3 Å². The summed E-state index contributed by atoms with van der Waals surface area (Å²) in [6.07, 6.45) is 3.44. The molecular formula is C18H19FN8O. The molecule has 0 atom stereocenters. The Morgan fingerprint density at radius 3 is 2.82 bits per heavy atom. The Labute approximate surface area is 158 Å². The Morgan fingerprint density at radius 1 is 1.18 bits per heavy atom. The summed E-state index contributed by atoms with van der Waals surface area (Å²) in [5.74, 6) is -0.159. The van der Waals surface area contributed by atoms with E-state index in [4.69, 9.17) is 0 Å². The summed E-state index contributed by atoms with van der Waals surface area (Å²) in [4.78, 5) is 19.0. The molecule has 4 aromatic heterocycles. The van der Waals surface area contributed by atoms with Crippen LogP contribution in [0.4, 0.5) is 21.7 Å². The Kier molecular flexibility index (Phi) is 3.79. The third kappa shape index (κ3) is 2.78. The van der Waals surface area contributed by atoms with Crippen LogP contribution in [0, 0.1) is 12.7 Å².